The van der Waals surface area contributed by atoms with Crippen LogP contribution in [0.25, 0.3) is 0 Å². The molecule has 0 fully saturated rings. The van der Waals surface area contributed by atoms with Gasteiger partial charge in [0.1, 0.15) is 6.33 Å². The Kier molecular flexibility index (Phi) is 12.5. The number of carbonyl (C=O) groups excluding carboxylic acids is 1. The van der Waals surface area contributed by atoms with Gasteiger partial charge in [-0.05, 0) is 0 Å². The van der Waals surface area contributed by atoms with E-state index in [1.165, 1.54) is 12.5 Å². The molecule has 6 N–H and O–H groups in total. The van der Waals surface area contributed by atoms with Crippen LogP contribution in [-0.2, 0) is 19.2 Å². The summed E-state index contributed by atoms with van der Waals surface area (Å²) in [5, 5.41) is 38.0. The Bertz CT molecular complexity index is 604. The van der Waals surface area contributed by atoms with Crippen molar-refractivity contribution in [2.24, 2.45) is 5.73 Å². The van der Waals surface area contributed by atoms with E-state index in [4.69, 9.17) is 26.2 Å². The summed E-state index contributed by atoms with van der Waals surface area (Å²) in [6, 6.07) is 0. The summed E-state index contributed by atoms with van der Waals surface area (Å²) in [5.41, 5.74) is 4.91. The molecule has 1 aromatic heterocycles. The molecule has 1 amide bonds. The molecule has 0 unspecified atom stereocenters. The van der Waals surface area contributed by atoms with Gasteiger partial charge in [0.15, 0.2) is 5.69 Å². The molecule has 1 heterocycles. The van der Waals surface area contributed by atoms with Gasteiger partial charge in [-0.25, -0.2) is 24.2 Å². The highest BCUT2D eigenvalue weighted by molar-refractivity contribution is 5.90. The number of carboxylic acid groups (broad SMARTS) is 4. The van der Waals surface area contributed by atoms with Crippen molar-refractivity contribution in [2.45, 2.75) is 0 Å². The molecule has 0 radical (unpaired) electrons. The molecular weight excluding hydrogens is 344 g/mol. The second kappa shape index (κ2) is 13.5. The van der Waals surface area contributed by atoms with E-state index in [-0.39, 0.29) is 5.69 Å². The van der Waals surface area contributed by atoms with Crippen molar-refractivity contribution in [1.82, 2.24) is 15.2 Å². The third-order valence-electron chi connectivity index (χ3n) is 1.47. The lowest BCUT2D eigenvalue weighted by atomic mass is 10.5. The predicted octanol–water partition coefficient (Wildman–Crippen LogP) is -1.61. The lowest BCUT2D eigenvalue weighted by Crippen LogP contribution is -2.13. The molecule has 25 heavy (non-hydrogen) atoms. The highest BCUT2D eigenvalue weighted by atomic mass is 16.4. The molecule has 0 saturated carbocycles. The first-order valence-corrected chi connectivity index (χ1v) is 5.76. The first kappa shape index (κ1) is 23.1. The quantitative estimate of drug-likeness (QED) is 0.375. The standard InChI is InChI=1S/C4H4N4O.2C4H4O4/c5-4(9)3-1-6-2-7-8-3;2*5-3(6)1-2-4(7)8/h1-2H,(H2,5,9);2*1-2H,(H,5,6)(H,7,8)/b;2*2-1-. The van der Waals surface area contributed by atoms with Gasteiger partial charge in [-0.2, -0.15) is 0 Å². The number of nitrogens with zero attached hydrogens (tertiary/aromatic N) is 3. The molecular formula is C12H12N4O9. The van der Waals surface area contributed by atoms with Crippen molar-refractivity contribution in [3.8, 4) is 0 Å². The topological polar surface area (TPSA) is 231 Å². The van der Waals surface area contributed by atoms with Crippen molar-refractivity contribution in [1.29, 1.82) is 0 Å². The van der Waals surface area contributed by atoms with E-state index in [1.807, 2.05) is 0 Å². The predicted molar refractivity (Wildman–Crippen MR) is 77.2 cm³/mol. The molecule has 1 aromatic rings. The fourth-order valence-corrected chi connectivity index (χ4v) is 0.646. The Morgan fingerprint density at radius 1 is 0.800 bits per heavy atom. The van der Waals surface area contributed by atoms with Crippen molar-refractivity contribution in [3.63, 3.8) is 0 Å². The number of amides is 1. The second-order valence-electron chi connectivity index (χ2n) is 3.38. The lowest BCUT2D eigenvalue weighted by Gasteiger charge is -1.86. The lowest BCUT2D eigenvalue weighted by molar-refractivity contribution is -0.134. The average Bonchev–Trinajstić information content (AvgIpc) is 2.53. The van der Waals surface area contributed by atoms with E-state index < -0.39 is 29.8 Å². The van der Waals surface area contributed by atoms with E-state index >= 15 is 0 Å². The van der Waals surface area contributed by atoms with Gasteiger partial charge in [-0.3, -0.25) is 4.79 Å². The second-order valence-corrected chi connectivity index (χ2v) is 3.38. The molecule has 13 heteroatoms. The largest absolute Gasteiger partial charge is 0.478 e. The number of aromatic nitrogens is 3. The number of aliphatic carboxylic acids is 4. The van der Waals surface area contributed by atoms with E-state index in [0.29, 0.717) is 24.3 Å². The van der Waals surface area contributed by atoms with Crippen molar-refractivity contribution < 1.29 is 44.4 Å². The zero-order chi connectivity index (χ0) is 19.8. The van der Waals surface area contributed by atoms with Gasteiger partial charge in [0.05, 0.1) is 6.20 Å². The average molecular weight is 356 g/mol. The molecule has 0 spiro atoms. The molecule has 0 bridgehead atoms. The van der Waals surface area contributed by atoms with Gasteiger partial charge in [-0.1, -0.05) is 0 Å². The Balaban J connectivity index is 0. The van der Waals surface area contributed by atoms with E-state index in [9.17, 15) is 24.0 Å². The number of carbonyl (C=O) groups is 5. The normalized spacial score (nSPS) is 9.28. The molecule has 1 rings (SSSR count). The fourth-order valence-electron chi connectivity index (χ4n) is 0.646. The number of carboxylic acids is 4. The minimum absolute atomic E-state index is 0.0810. The molecule has 0 aliphatic carbocycles. The van der Waals surface area contributed by atoms with Gasteiger partial charge in [0.2, 0.25) is 0 Å². The van der Waals surface area contributed by atoms with Crippen LogP contribution in [0.2, 0.25) is 0 Å². The van der Waals surface area contributed by atoms with Crippen LogP contribution >= 0.6 is 0 Å². The van der Waals surface area contributed by atoms with Crippen LogP contribution < -0.4 is 5.73 Å². The van der Waals surface area contributed by atoms with Crippen LogP contribution in [0.1, 0.15) is 10.5 Å². The maximum absolute atomic E-state index is 10.3. The van der Waals surface area contributed by atoms with E-state index in [0.717, 1.165) is 0 Å². The maximum Gasteiger partial charge on any atom is 0.328 e. The Hall–Kier alpha value is -4.16. The van der Waals surface area contributed by atoms with Crippen molar-refractivity contribution in [3.05, 3.63) is 42.5 Å². The smallest absolute Gasteiger partial charge is 0.328 e. The molecule has 0 aromatic carbocycles. The molecule has 134 valence electrons. The van der Waals surface area contributed by atoms with Crippen molar-refractivity contribution in [2.75, 3.05) is 0 Å². The van der Waals surface area contributed by atoms with Crippen LogP contribution in [0.4, 0.5) is 0 Å². The molecule has 0 saturated heterocycles. The third kappa shape index (κ3) is 19.8. The first-order valence-electron chi connectivity index (χ1n) is 5.76. The number of primary amides is 1. The van der Waals surface area contributed by atoms with Crippen LogP contribution in [0.15, 0.2) is 36.8 Å². The van der Waals surface area contributed by atoms with Gasteiger partial charge >= 0.3 is 23.9 Å². The summed E-state index contributed by atoms with van der Waals surface area (Å²) < 4.78 is 0. The number of nitrogens with two attached hydrogens (primary N) is 1. The van der Waals surface area contributed by atoms with Gasteiger partial charge in [0, 0.05) is 24.3 Å². The highest BCUT2D eigenvalue weighted by Crippen LogP contribution is 1.82. The molecule has 13 nitrogen and oxygen atoms in total. The Morgan fingerprint density at radius 3 is 1.32 bits per heavy atom. The summed E-state index contributed by atoms with van der Waals surface area (Å²) in [6.45, 7) is 0. The summed E-state index contributed by atoms with van der Waals surface area (Å²) >= 11 is 0. The van der Waals surface area contributed by atoms with Crippen LogP contribution in [-0.4, -0.2) is 65.4 Å². The third-order valence-corrected chi connectivity index (χ3v) is 1.47. The number of hydrogen-bond acceptors (Lipinski definition) is 8. The highest BCUT2D eigenvalue weighted by Gasteiger charge is 1.98. The number of hydrogen-bond donors (Lipinski definition) is 5. The monoisotopic (exact) mass is 356 g/mol. The minimum Gasteiger partial charge on any atom is -0.478 e. The van der Waals surface area contributed by atoms with Gasteiger partial charge < -0.3 is 26.2 Å². The van der Waals surface area contributed by atoms with Crippen LogP contribution in [0.3, 0.4) is 0 Å². The van der Waals surface area contributed by atoms with Crippen molar-refractivity contribution >= 4 is 29.8 Å². The Morgan fingerprint density at radius 2 is 1.16 bits per heavy atom. The van der Waals surface area contributed by atoms with Gasteiger partial charge in [-0.15, -0.1) is 10.2 Å². The zero-order valence-electron chi connectivity index (χ0n) is 12.2. The van der Waals surface area contributed by atoms with Gasteiger partial charge in [0.25, 0.3) is 5.91 Å². The van der Waals surface area contributed by atoms with Crippen LogP contribution in [0, 0.1) is 0 Å². The summed E-state index contributed by atoms with van der Waals surface area (Å²) in [4.78, 5) is 52.0. The maximum atomic E-state index is 10.3. The first-order chi connectivity index (χ1) is 11.6. The molecule has 0 aliphatic rings. The Labute approximate surface area is 138 Å². The zero-order valence-corrected chi connectivity index (χ0v) is 12.2. The summed E-state index contributed by atoms with van der Waals surface area (Å²) in [5.74, 6) is -5.64. The minimum atomic E-state index is -1.26. The molecule has 0 atom stereocenters. The summed E-state index contributed by atoms with van der Waals surface area (Å²) in [6.07, 6.45) is 4.72. The fraction of sp³-hybridized carbons (Fsp3) is 0. The SMILES string of the molecule is NC(=O)c1cncnn1.O=C(O)/C=C\C(=O)O.O=C(O)/C=C\C(=O)O. The number of rotatable bonds is 5. The van der Waals surface area contributed by atoms with E-state index in [1.54, 1.807) is 0 Å². The van der Waals surface area contributed by atoms with E-state index in [2.05, 4.69) is 15.2 Å². The summed E-state index contributed by atoms with van der Waals surface area (Å²) in [7, 11) is 0. The molecule has 0 aliphatic heterocycles. The van der Waals surface area contributed by atoms with Crippen LogP contribution in [0.5, 0.6) is 0 Å².